The number of benzene rings is 1. The number of methoxy groups -OCH3 is 1. The molecule has 1 atom stereocenters. The first-order valence-electron chi connectivity index (χ1n) is 10.7. The third-order valence-corrected chi connectivity index (χ3v) is 6.28. The predicted molar refractivity (Wildman–Crippen MR) is 121 cm³/mol. The number of nitrogens with zero attached hydrogens (tertiary/aromatic N) is 3. The summed E-state index contributed by atoms with van der Waals surface area (Å²) >= 11 is 0. The van der Waals surface area contributed by atoms with Crippen LogP contribution in [-0.2, 0) is 4.74 Å². The quantitative estimate of drug-likeness (QED) is 0.536. The fourth-order valence-corrected chi connectivity index (χ4v) is 4.77. The first-order chi connectivity index (χ1) is 15.1. The highest BCUT2D eigenvalue weighted by molar-refractivity contribution is 6.04. The monoisotopic (exact) mass is 418 g/mol. The van der Waals surface area contributed by atoms with Gasteiger partial charge in [0.05, 0.1) is 35.8 Å². The summed E-state index contributed by atoms with van der Waals surface area (Å²) < 4.78 is 13.1. The minimum Gasteiger partial charge on any atom is -0.481 e. The van der Waals surface area contributed by atoms with Gasteiger partial charge in [-0.2, -0.15) is 5.10 Å². The molecule has 0 unspecified atom stereocenters. The van der Waals surface area contributed by atoms with Crippen LogP contribution in [-0.4, -0.2) is 40.1 Å². The van der Waals surface area contributed by atoms with Crippen molar-refractivity contribution in [1.29, 1.82) is 0 Å². The lowest BCUT2D eigenvalue weighted by molar-refractivity contribution is 0.141. The molecule has 0 spiro atoms. The van der Waals surface area contributed by atoms with E-state index in [9.17, 15) is 4.79 Å². The molecule has 7 nitrogen and oxygen atoms in total. The van der Waals surface area contributed by atoms with E-state index in [1.807, 2.05) is 30.8 Å². The van der Waals surface area contributed by atoms with Crippen LogP contribution in [0.15, 0.2) is 35.4 Å². The minimum atomic E-state index is -0.114. The van der Waals surface area contributed by atoms with Gasteiger partial charge < -0.3 is 14.5 Å². The van der Waals surface area contributed by atoms with E-state index in [1.54, 1.807) is 13.3 Å². The Morgan fingerprint density at radius 1 is 1.16 bits per heavy atom. The van der Waals surface area contributed by atoms with Crippen LogP contribution in [0.25, 0.3) is 32.9 Å². The van der Waals surface area contributed by atoms with Gasteiger partial charge in [0.25, 0.3) is 5.56 Å². The van der Waals surface area contributed by atoms with Crippen molar-refractivity contribution in [3.63, 3.8) is 0 Å². The van der Waals surface area contributed by atoms with E-state index >= 15 is 0 Å². The second kappa shape index (κ2) is 7.81. The topological polar surface area (TPSA) is 82.0 Å². The number of ether oxygens (including phenoxy) is 2. The lowest BCUT2D eigenvalue weighted by Crippen LogP contribution is -2.13. The van der Waals surface area contributed by atoms with Gasteiger partial charge in [0.1, 0.15) is 0 Å². The second-order valence-electron chi connectivity index (χ2n) is 8.21. The maximum absolute atomic E-state index is 12.9. The summed E-state index contributed by atoms with van der Waals surface area (Å²) in [4.78, 5) is 20.3. The molecule has 1 N–H and O–H groups in total. The maximum Gasteiger partial charge on any atom is 0.259 e. The standard InChI is InChI=1S/C24H26N4O3/c1-14-12-25-24(30-3)15(2)21(14)16-6-7-18-20(11-16)27-23(29)19-13-26-28(22(18)19)17-5-4-9-31-10-8-17/h6-7,11-13,17H,4-5,8-10H2,1-3H3,(H,27,29)/t17-/m1/s1. The summed E-state index contributed by atoms with van der Waals surface area (Å²) in [6.07, 6.45) is 6.41. The number of aryl methyl sites for hydroxylation is 1. The van der Waals surface area contributed by atoms with Crippen LogP contribution in [0.3, 0.4) is 0 Å². The van der Waals surface area contributed by atoms with Gasteiger partial charge in [-0.05, 0) is 55.9 Å². The van der Waals surface area contributed by atoms with Crippen molar-refractivity contribution in [3.05, 3.63) is 52.1 Å². The van der Waals surface area contributed by atoms with Gasteiger partial charge in [-0.3, -0.25) is 9.48 Å². The van der Waals surface area contributed by atoms with Gasteiger partial charge in [-0.25, -0.2) is 4.98 Å². The van der Waals surface area contributed by atoms with E-state index in [-0.39, 0.29) is 11.6 Å². The molecule has 0 aliphatic carbocycles. The summed E-state index contributed by atoms with van der Waals surface area (Å²) in [6.45, 7) is 5.55. The molecule has 7 heteroatoms. The molecule has 0 saturated carbocycles. The average Bonchev–Trinajstić information content (AvgIpc) is 3.03. The molecule has 1 aliphatic rings. The fraction of sp³-hybridized carbons (Fsp3) is 0.375. The number of fused-ring (bicyclic) bond motifs is 3. The molecule has 1 fully saturated rings. The minimum absolute atomic E-state index is 0.114. The highest BCUT2D eigenvalue weighted by Crippen LogP contribution is 2.34. The second-order valence-corrected chi connectivity index (χ2v) is 8.21. The summed E-state index contributed by atoms with van der Waals surface area (Å²) in [5.41, 5.74) is 5.72. The van der Waals surface area contributed by atoms with Gasteiger partial charge in [-0.1, -0.05) is 12.1 Å². The highest BCUT2D eigenvalue weighted by atomic mass is 16.5. The molecular formula is C24H26N4O3. The van der Waals surface area contributed by atoms with Gasteiger partial charge in [0, 0.05) is 30.4 Å². The van der Waals surface area contributed by atoms with Gasteiger partial charge >= 0.3 is 0 Å². The molecule has 31 heavy (non-hydrogen) atoms. The molecular weight excluding hydrogens is 392 g/mol. The zero-order valence-corrected chi connectivity index (χ0v) is 18.1. The van der Waals surface area contributed by atoms with Crippen LogP contribution < -0.4 is 10.3 Å². The van der Waals surface area contributed by atoms with Crippen LogP contribution in [0.2, 0.25) is 0 Å². The van der Waals surface area contributed by atoms with Crippen LogP contribution in [0.1, 0.15) is 36.4 Å². The van der Waals surface area contributed by atoms with E-state index in [4.69, 9.17) is 9.47 Å². The first kappa shape index (κ1) is 19.8. The number of nitrogens with one attached hydrogen (secondary N) is 1. The number of hydrogen-bond donors (Lipinski definition) is 1. The van der Waals surface area contributed by atoms with Crippen LogP contribution >= 0.6 is 0 Å². The van der Waals surface area contributed by atoms with E-state index in [1.165, 1.54) is 0 Å². The lowest BCUT2D eigenvalue weighted by atomic mass is 9.96. The van der Waals surface area contributed by atoms with Gasteiger partial charge in [-0.15, -0.1) is 0 Å². The number of pyridine rings is 2. The van der Waals surface area contributed by atoms with E-state index in [0.717, 1.165) is 71.1 Å². The van der Waals surface area contributed by atoms with Gasteiger partial charge in [0.2, 0.25) is 5.88 Å². The SMILES string of the molecule is COc1ncc(C)c(-c2ccc3c(c2)[nH]c(=O)c2cnn([C@@H]4CCCOCC4)c23)c1C. The fourth-order valence-electron chi connectivity index (χ4n) is 4.77. The Kier molecular flexibility index (Phi) is 4.98. The Hall–Kier alpha value is -3.19. The summed E-state index contributed by atoms with van der Waals surface area (Å²) in [5.74, 6) is 0.610. The Morgan fingerprint density at radius 2 is 2.03 bits per heavy atom. The molecule has 160 valence electrons. The average molecular weight is 418 g/mol. The molecule has 1 aliphatic heterocycles. The van der Waals surface area contributed by atoms with Crippen molar-refractivity contribution < 1.29 is 9.47 Å². The van der Waals surface area contributed by atoms with E-state index in [2.05, 4.69) is 27.2 Å². The van der Waals surface area contributed by atoms with Crippen molar-refractivity contribution in [2.75, 3.05) is 20.3 Å². The van der Waals surface area contributed by atoms with Gasteiger partial charge in [0.15, 0.2) is 0 Å². The Bertz CT molecular complexity index is 1330. The zero-order valence-electron chi connectivity index (χ0n) is 18.1. The number of H-pyrrole nitrogens is 1. The molecule has 1 aromatic carbocycles. The first-order valence-corrected chi connectivity index (χ1v) is 10.7. The third-order valence-electron chi connectivity index (χ3n) is 6.28. The molecule has 0 bridgehead atoms. The Balaban J connectivity index is 1.72. The molecule has 0 radical (unpaired) electrons. The van der Waals surface area contributed by atoms with Crippen molar-refractivity contribution in [2.45, 2.75) is 39.2 Å². The summed E-state index contributed by atoms with van der Waals surface area (Å²) in [5, 5.41) is 6.25. The summed E-state index contributed by atoms with van der Waals surface area (Å²) in [6, 6.07) is 6.46. The van der Waals surface area contributed by atoms with E-state index < -0.39 is 0 Å². The van der Waals surface area contributed by atoms with Crippen LogP contribution in [0.5, 0.6) is 5.88 Å². The predicted octanol–water partition coefficient (Wildman–Crippen LogP) is 4.31. The van der Waals surface area contributed by atoms with Crippen molar-refractivity contribution in [1.82, 2.24) is 19.7 Å². The normalized spacial score (nSPS) is 17.2. The lowest BCUT2D eigenvalue weighted by Gasteiger charge is -2.17. The molecule has 1 saturated heterocycles. The van der Waals surface area contributed by atoms with Crippen molar-refractivity contribution in [3.8, 4) is 17.0 Å². The van der Waals surface area contributed by atoms with Crippen LogP contribution in [0.4, 0.5) is 0 Å². The van der Waals surface area contributed by atoms with E-state index in [0.29, 0.717) is 11.3 Å². The molecule has 5 rings (SSSR count). The van der Waals surface area contributed by atoms with Crippen molar-refractivity contribution in [2.24, 2.45) is 0 Å². The highest BCUT2D eigenvalue weighted by Gasteiger charge is 2.21. The summed E-state index contributed by atoms with van der Waals surface area (Å²) in [7, 11) is 1.63. The van der Waals surface area contributed by atoms with Crippen molar-refractivity contribution >= 4 is 21.8 Å². The zero-order chi connectivity index (χ0) is 21.5. The van der Waals surface area contributed by atoms with Crippen LogP contribution in [0, 0.1) is 13.8 Å². The Labute approximate surface area is 180 Å². The number of aromatic amines is 1. The maximum atomic E-state index is 12.9. The Morgan fingerprint density at radius 3 is 2.87 bits per heavy atom. The smallest absolute Gasteiger partial charge is 0.259 e. The third kappa shape index (κ3) is 3.29. The largest absolute Gasteiger partial charge is 0.481 e. The molecule has 4 heterocycles. The molecule has 0 amide bonds. The molecule has 3 aromatic heterocycles. The number of hydrogen-bond acceptors (Lipinski definition) is 5. The number of rotatable bonds is 3. The molecule has 4 aromatic rings. The number of aromatic nitrogens is 4.